The van der Waals surface area contributed by atoms with Crippen molar-refractivity contribution in [3.8, 4) is 0 Å². The SMILES string of the molecule is C[C@H](NC(=O)OC(C)(C)C)C(=O)OCCCCCC(=O)OCc1ccccc1. The highest BCUT2D eigenvalue weighted by Crippen LogP contribution is 2.08. The summed E-state index contributed by atoms with van der Waals surface area (Å²) in [6, 6.07) is 8.72. The zero-order chi connectivity index (χ0) is 21.0. The second-order valence-corrected chi connectivity index (χ2v) is 7.49. The molecule has 7 nitrogen and oxygen atoms in total. The number of benzene rings is 1. The lowest BCUT2D eigenvalue weighted by Gasteiger charge is -2.21. The van der Waals surface area contributed by atoms with Gasteiger partial charge in [0.15, 0.2) is 0 Å². The molecule has 1 N–H and O–H groups in total. The van der Waals surface area contributed by atoms with Crippen molar-refractivity contribution < 1.29 is 28.6 Å². The third-order valence-electron chi connectivity index (χ3n) is 3.60. The molecule has 0 bridgehead atoms. The van der Waals surface area contributed by atoms with Crippen LogP contribution in [-0.2, 0) is 30.4 Å². The molecule has 28 heavy (non-hydrogen) atoms. The molecule has 0 radical (unpaired) electrons. The Bertz CT molecular complexity index is 624. The molecule has 1 aromatic carbocycles. The van der Waals surface area contributed by atoms with E-state index >= 15 is 0 Å². The van der Waals surface area contributed by atoms with Crippen molar-refractivity contribution in [1.29, 1.82) is 0 Å². The third kappa shape index (κ3) is 11.2. The maximum atomic E-state index is 11.8. The van der Waals surface area contributed by atoms with Crippen LogP contribution in [0, 0.1) is 0 Å². The zero-order valence-electron chi connectivity index (χ0n) is 17.2. The molecule has 1 aromatic rings. The van der Waals surface area contributed by atoms with Crippen molar-refractivity contribution in [3.05, 3.63) is 35.9 Å². The molecule has 0 spiro atoms. The lowest BCUT2D eigenvalue weighted by atomic mass is 10.2. The summed E-state index contributed by atoms with van der Waals surface area (Å²) in [5.74, 6) is -0.760. The van der Waals surface area contributed by atoms with E-state index in [1.807, 2.05) is 30.3 Å². The first kappa shape index (κ1) is 23.5. The Morgan fingerprint density at radius 1 is 1.00 bits per heavy atom. The van der Waals surface area contributed by atoms with E-state index in [4.69, 9.17) is 14.2 Å². The van der Waals surface area contributed by atoms with Gasteiger partial charge in [0.25, 0.3) is 0 Å². The molecule has 1 rings (SSSR count). The lowest BCUT2D eigenvalue weighted by molar-refractivity contribution is -0.147. The van der Waals surface area contributed by atoms with Crippen LogP contribution in [0.2, 0.25) is 0 Å². The average Bonchev–Trinajstić information content (AvgIpc) is 2.61. The van der Waals surface area contributed by atoms with Crippen LogP contribution < -0.4 is 5.32 Å². The molecule has 1 amide bonds. The van der Waals surface area contributed by atoms with Gasteiger partial charge < -0.3 is 19.5 Å². The van der Waals surface area contributed by atoms with Crippen LogP contribution in [0.4, 0.5) is 4.79 Å². The summed E-state index contributed by atoms with van der Waals surface area (Å²) in [5.41, 5.74) is 0.326. The van der Waals surface area contributed by atoms with Crippen molar-refractivity contribution in [1.82, 2.24) is 5.32 Å². The molecule has 0 saturated carbocycles. The van der Waals surface area contributed by atoms with Crippen LogP contribution in [0.15, 0.2) is 30.3 Å². The predicted octanol–water partition coefficient (Wildman–Crippen LogP) is 3.75. The maximum absolute atomic E-state index is 11.8. The number of alkyl carbamates (subject to hydrolysis) is 1. The molecule has 156 valence electrons. The monoisotopic (exact) mass is 393 g/mol. The molecule has 7 heteroatoms. The summed E-state index contributed by atoms with van der Waals surface area (Å²) >= 11 is 0. The summed E-state index contributed by atoms with van der Waals surface area (Å²) in [6.45, 7) is 7.28. The van der Waals surface area contributed by atoms with E-state index in [1.54, 1.807) is 20.8 Å². The molecule has 0 aliphatic heterocycles. The first-order chi connectivity index (χ1) is 13.2. The van der Waals surface area contributed by atoms with Gasteiger partial charge in [-0.3, -0.25) is 4.79 Å². The molecule has 0 unspecified atom stereocenters. The van der Waals surface area contributed by atoms with Crippen LogP contribution in [-0.4, -0.2) is 36.3 Å². The summed E-state index contributed by atoms with van der Waals surface area (Å²) in [4.78, 5) is 35.1. The van der Waals surface area contributed by atoms with Crippen LogP contribution in [0.3, 0.4) is 0 Å². The summed E-state index contributed by atoms with van der Waals surface area (Å²) in [6.07, 6.45) is 1.71. The molecule has 0 fully saturated rings. The van der Waals surface area contributed by atoms with Crippen LogP contribution in [0.1, 0.15) is 58.9 Å². The molecule has 0 aliphatic carbocycles. The Balaban J connectivity index is 2.07. The summed E-state index contributed by atoms with van der Waals surface area (Å²) < 4.78 is 15.4. The first-order valence-electron chi connectivity index (χ1n) is 9.53. The fraction of sp³-hybridized carbons (Fsp3) is 0.571. The Hall–Kier alpha value is -2.57. The van der Waals surface area contributed by atoms with Gasteiger partial charge in [0, 0.05) is 6.42 Å². The smallest absolute Gasteiger partial charge is 0.408 e. The molecule has 0 heterocycles. The number of hydrogen-bond acceptors (Lipinski definition) is 6. The number of amides is 1. The quantitative estimate of drug-likeness (QED) is 0.370. The highest BCUT2D eigenvalue weighted by Gasteiger charge is 2.21. The highest BCUT2D eigenvalue weighted by atomic mass is 16.6. The number of esters is 2. The third-order valence-corrected chi connectivity index (χ3v) is 3.60. The van der Waals surface area contributed by atoms with Crippen molar-refractivity contribution in [2.24, 2.45) is 0 Å². The minimum atomic E-state index is -0.789. The van der Waals surface area contributed by atoms with Crippen molar-refractivity contribution in [3.63, 3.8) is 0 Å². The molecule has 0 saturated heterocycles. The van der Waals surface area contributed by atoms with Gasteiger partial charge in [-0.1, -0.05) is 30.3 Å². The Morgan fingerprint density at radius 3 is 2.32 bits per heavy atom. The van der Waals surface area contributed by atoms with Crippen LogP contribution in [0.25, 0.3) is 0 Å². The van der Waals surface area contributed by atoms with Gasteiger partial charge in [0.05, 0.1) is 6.61 Å². The standard InChI is InChI=1S/C21H31NO6/c1-16(22-20(25)28-21(2,3)4)19(24)26-14-10-6-9-13-18(23)27-15-17-11-7-5-8-12-17/h5,7-8,11-12,16H,6,9-10,13-15H2,1-4H3,(H,22,25)/t16-/m0/s1. The van der Waals surface area contributed by atoms with E-state index in [0.717, 1.165) is 12.0 Å². The van der Waals surface area contributed by atoms with Gasteiger partial charge >= 0.3 is 18.0 Å². The molecule has 1 atom stereocenters. The minimum Gasteiger partial charge on any atom is -0.464 e. The number of ether oxygens (including phenoxy) is 3. The van der Waals surface area contributed by atoms with Crippen LogP contribution >= 0.6 is 0 Å². The largest absolute Gasteiger partial charge is 0.464 e. The Morgan fingerprint density at radius 2 is 1.68 bits per heavy atom. The van der Waals surface area contributed by atoms with Gasteiger partial charge in [-0.15, -0.1) is 0 Å². The topological polar surface area (TPSA) is 90.9 Å². The second kappa shape index (κ2) is 12.0. The van der Waals surface area contributed by atoms with Crippen LogP contribution in [0.5, 0.6) is 0 Å². The summed E-state index contributed by atoms with van der Waals surface area (Å²) in [5, 5.41) is 2.43. The zero-order valence-corrected chi connectivity index (χ0v) is 17.2. The summed E-state index contributed by atoms with van der Waals surface area (Å²) in [7, 11) is 0. The fourth-order valence-electron chi connectivity index (χ4n) is 2.20. The predicted molar refractivity (Wildman–Crippen MR) is 104 cm³/mol. The van der Waals surface area contributed by atoms with Gasteiger partial charge in [-0.2, -0.15) is 0 Å². The molecular weight excluding hydrogens is 362 g/mol. The molecule has 0 aromatic heterocycles. The fourth-order valence-corrected chi connectivity index (χ4v) is 2.20. The van der Waals surface area contributed by atoms with E-state index in [9.17, 15) is 14.4 Å². The highest BCUT2D eigenvalue weighted by molar-refractivity contribution is 5.81. The number of carbonyl (C=O) groups is 3. The maximum Gasteiger partial charge on any atom is 0.408 e. The van der Waals surface area contributed by atoms with Crippen molar-refractivity contribution in [2.45, 2.75) is 71.6 Å². The Labute approximate surface area is 166 Å². The normalized spacial score (nSPS) is 12.0. The van der Waals surface area contributed by atoms with Crippen molar-refractivity contribution >= 4 is 18.0 Å². The molecular formula is C21H31NO6. The second-order valence-electron chi connectivity index (χ2n) is 7.49. The van der Waals surface area contributed by atoms with Gasteiger partial charge in [-0.25, -0.2) is 9.59 Å². The number of rotatable bonds is 10. The van der Waals surface area contributed by atoms with E-state index in [1.165, 1.54) is 6.92 Å². The number of carbonyl (C=O) groups excluding carboxylic acids is 3. The average molecular weight is 393 g/mol. The Kier molecular flexibility index (Phi) is 10.1. The van der Waals surface area contributed by atoms with E-state index in [-0.39, 0.29) is 19.2 Å². The van der Waals surface area contributed by atoms with Gasteiger partial charge in [0.2, 0.25) is 0 Å². The minimum absolute atomic E-state index is 0.234. The number of nitrogens with one attached hydrogen (secondary N) is 1. The van der Waals surface area contributed by atoms with Gasteiger partial charge in [-0.05, 0) is 52.5 Å². The van der Waals surface area contributed by atoms with Gasteiger partial charge in [0.1, 0.15) is 18.2 Å². The first-order valence-corrected chi connectivity index (χ1v) is 9.53. The molecule has 0 aliphatic rings. The van der Waals surface area contributed by atoms with E-state index in [2.05, 4.69) is 5.32 Å². The number of hydrogen-bond donors (Lipinski definition) is 1. The number of unbranched alkanes of at least 4 members (excludes halogenated alkanes) is 2. The van der Waals surface area contributed by atoms with E-state index < -0.39 is 23.7 Å². The van der Waals surface area contributed by atoms with Crippen molar-refractivity contribution in [2.75, 3.05) is 6.61 Å². The lowest BCUT2D eigenvalue weighted by Crippen LogP contribution is -2.42. The van der Waals surface area contributed by atoms with E-state index in [0.29, 0.717) is 19.3 Å².